The van der Waals surface area contributed by atoms with Crippen molar-refractivity contribution in [1.29, 1.82) is 0 Å². The Labute approximate surface area is 83.1 Å². The Bertz CT molecular complexity index is 159. The predicted octanol–water partition coefficient (Wildman–Crippen LogP) is 2.95. The van der Waals surface area contributed by atoms with E-state index in [-0.39, 0.29) is 0 Å². The summed E-state index contributed by atoms with van der Waals surface area (Å²) in [5.74, 6) is 1.22. The van der Waals surface area contributed by atoms with E-state index in [0.29, 0.717) is 11.8 Å². The predicted molar refractivity (Wildman–Crippen MR) is 60.8 cm³/mol. The van der Waals surface area contributed by atoms with Crippen molar-refractivity contribution in [2.75, 3.05) is 20.6 Å². The summed E-state index contributed by atoms with van der Waals surface area (Å²) < 4.78 is 0. The van der Waals surface area contributed by atoms with E-state index >= 15 is 0 Å². The second-order valence-corrected chi connectivity index (χ2v) is 3.76. The second-order valence-electron chi connectivity index (χ2n) is 3.76. The molecule has 0 saturated carbocycles. The average Bonchev–Trinajstić information content (AvgIpc) is 2.10. The lowest BCUT2D eigenvalue weighted by Gasteiger charge is -2.23. The van der Waals surface area contributed by atoms with Crippen molar-refractivity contribution in [2.45, 2.75) is 20.3 Å². The van der Waals surface area contributed by atoms with Gasteiger partial charge in [0, 0.05) is 6.54 Å². The third-order valence-corrected chi connectivity index (χ3v) is 2.34. The Morgan fingerprint density at radius 1 is 1.31 bits per heavy atom. The van der Waals surface area contributed by atoms with E-state index < -0.39 is 0 Å². The highest BCUT2D eigenvalue weighted by molar-refractivity contribution is 4.96. The van der Waals surface area contributed by atoms with Crippen LogP contribution in [0.15, 0.2) is 24.8 Å². The van der Waals surface area contributed by atoms with Crippen LogP contribution in [0.3, 0.4) is 0 Å². The zero-order valence-corrected chi connectivity index (χ0v) is 9.46. The first-order chi connectivity index (χ1) is 6.15. The number of hydrogen-bond acceptors (Lipinski definition) is 1. The van der Waals surface area contributed by atoms with Gasteiger partial charge in [0.1, 0.15) is 0 Å². The van der Waals surface area contributed by atoms with E-state index in [1.807, 2.05) is 0 Å². The molecule has 0 fully saturated rings. The zero-order chi connectivity index (χ0) is 10.3. The lowest BCUT2D eigenvalue weighted by molar-refractivity contribution is 0.312. The zero-order valence-electron chi connectivity index (χ0n) is 9.46. The van der Waals surface area contributed by atoms with E-state index in [2.05, 4.69) is 57.6 Å². The second kappa shape index (κ2) is 6.90. The SMILES string of the molecule is C=CC(CN(C)C)C(/C=C\C)CC. The molecule has 0 spiro atoms. The highest BCUT2D eigenvalue weighted by Crippen LogP contribution is 2.19. The van der Waals surface area contributed by atoms with E-state index in [4.69, 9.17) is 0 Å². The maximum Gasteiger partial charge on any atom is 0.00438 e. The summed E-state index contributed by atoms with van der Waals surface area (Å²) in [4.78, 5) is 2.22. The Morgan fingerprint density at radius 3 is 2.23 bits per heavy atom. The molecule has 0 saturated heterocycles. The van der Waals surface area contributed by atoms with Crippen LogP contribution in [0.5, 0.6) is 0 Å². The number of hydrogen-bond donors (Lipinski definition) is 0. The molecule has 76 valence electrons. The van der Waals surface area contributed by atoms with Crippen LogP contribution in [0.4, 0.5) is 0 Å². The van der Waals surface area contributed by atoms with Crippen LogP contribution >= 0.6 is 0 Å². The molecular formula is C12H23N. The van der Waals surface area contributed by atoms with Gasteiger partial charge in [-0.25, -0.2) is 0 Å². The highest BCUT2D eigenvalue weighted by Gasteiger charge is 2.14. The van der Waals surface area contributed by atoms with Crippen molar-refractivity contribution in [3.05, 3.63) is 24.8 Å². The normalized spacial score (nSPS) is 16.4. The summed E-state index contributed by atoms with van der Waals surface area (Å²) >= 11 is 0. The Kier molecular flexibility index (Phi) is 6.61. The summed E-state index contributed by atoms with van der Waals surface area (Å²) in [7, 11) is 4.22. The van der Waals surface area contributed by atoms with Crippen LogP contribution in [0.1, 0.15) is 20.3 Å². The van der Waals surface area contributed by atoms with Crippen LogP contribution in [0, 0.1) is 11.8 Å². The van der Waals surface area contributed by atoms with Gasteiger partial charge in [0.2, 0.25) is 0 Å². The molecule has 0 aromatic rings. The molecule has 0 heterocycles. The largest absolute Gasteiger partial charge is 0.309 e. The fourth-order valence-corrected chi connectivity index (χ4v) is 1.64. The van der Waals surface area contributed by atoms with Gasteiger partial charge < -0.3 is 4.90 Å². The van der Waals surface area contributed by atoms with Crippen molar-refractivity contribution in [3.63, 3.8) is 0 Å². The minimum atomic E-state index is 0.580. The van der Waals surface area contributed by atoms with Crippen molar-refractivity contribution >= 4 is 0 Å². The molecule has 0 aromatic carbocycles. The Hall–Kier alpha value is -0.560. The van der Waals surface area contributed by atoms with Crippen molar-refractivity contribution in [3.8, 4) is 0 Å². The molecule has 13 heavy (non-hydrogen) atoms. The summed E-state index contributed by atoms with van der Waals surface area (Å²) in [5, 5.41) is 0. The molecule has 0 amide bonds. The van der Waals surface area contributed by atoms with Crippen molar-refractivity contribution in [1.82, 2.24) is 4.90 Å². The first kappa shape index (κ1) is 12.4. The highest BCUT2D eigenvalue weighted by atomic mass is 15.1. The molecule has 0 aliphatic rings. The van der Waals surface area contributed by atoms with Gasteiger partial charge >= 0.3 is 0 Å². The quantitative estimate of drug-likeness (QED) is 0.569. The third kappa shape index (κ3) is 4.89. The van der Waals surface area contributed by atoms with Crippen molar-refractivity contribution in [2.24, 2.45) is 11.8 Å². The fraction of sp³-hybridized carbons (Fsp3) is 0.667. The van der Waals surface area contributed by atoms with Gasteiger partial charge in [-0.05, 0) is 39.3 Å². The number of nitrogens with zero attached hydrogens (tertiary/aromatic N) is 1. The monoisotopic (exact) mass is 181 g/mol. The average molecular weight is 181 g/mol. The fourth-order valence-electron chi connectivity index (χ4n) is 1.64. The summed E-state index contributed by atoms with van der Waals surface area (Å²) in [5.41, 5.74) is 0. The molecule has 0 aliphatic heterocycles. The molecule has 2 atom stereocenters. The van der Waals surface area contributed by atoms with Crippen molar-refractivity contribution < 1.29 is 0 Å². The van der Waals surface area contributed by atoms with Crippen LogP contribution < -0.4 is 0 Å². The molecule has 0 aliphatic carbocycles. The lowest BCUT2D eigenvalue weighted by Crippen LogP contribution is -2.25. The summed E-state index contributed by atoms with van der Waals surface area (Å²) in [6.45, 7) is 9.31. The topological polar surface area (TPSA) is 3.24 Å². The minimum absolute atomic E-state index is 0.580. The molecule has 0 aromatic heterocycles. The maximum absolute atomic E-state index is 3.90. The van der Waals surface area contributed by atoms with Gasteiger partial charge in [0.25, 0.3) is 0 Å². The molecule has 0 rings (SSSR count). The molecule has 0 N–H and O–H groups in total. The van der Waals surface area contributed by atoms with E-state index in [0.717, 1.165) is 6.54 Å². The van der Waals surface area contributed by atoms with Gasteiger partial charge in [0.15, 0.2) is 0 Å². The summed E-state index contributed by atoms with van der Waals surface area (Å²) in [6.07, 6.45) is 7.69. The minimum Gasteiger partial charge on any atom is -0.309 e. The first-order valence-corrected chi connectivity index (χ1v) is 5.05. The number of allylic oxidation sites excluding steroid dienone is 2. The van der Waals surface area contributed by atoms with Gasteiger partial charge in [-0.3, -0.25) is 0 Å². The number of rotatable bonds is 6. The van der Waals surface area contributed by atoms with Gasteiger partial charge in [-0.1, -0.05) is 25.2 Å². The lowest BCUT2D eigenvalue weighted by atomic mass is 9.89. The third-order valence-electron chi connectivity index (χ3n) is 2.34. The Balaban J connectivity index is 4.24. The van der Waals surface area contributed by atoms with E-state index in [1.165, 1.54) is 6.42 Å². The summed E-state index contributed by atoms with van der Waals surface area (Å²) in [6, 6.07) is 0. The molecule has 2 unspecified atom stereocenters. The molecule has 0 radical (unpaired) electrons. The van der Waals surface area contributed by atoms with Crippen LogP contribution in [-0.2, 0) is 0 Å². The van der Waals surface area contributed by atoms with Gasteiger partial charge in [0.05, 0.1) is 0 Å². The van der Waals surface area contributed by atoms with E-state index in [9.17, 15) is 0 Å². The van der Waals surface area contributed by atoms with E-state index in [1.54, 1.807) is 0 Å². The van der Waals surface area contributed by atoms with Crippen LogP contribution in [0.25, 0.3) is 0 Å². The molecular weight excluding hydrogens is 158 g/mol. The van der Waals surface area contributed by atoms with Gasteiger partial charge in [-0.15, -0.1) is 6.58 Å². The Morgan fingerprint density at radius 2 is 1.92 bits per heavy atom. The van der Waals surface area contributed by atoms with Crippen LogP contribution in [0.2, 0.25) is 0 Å². The molecule has 1 nitrogen and oxygen atoms in total. The molecule has 1 heteroatoms. The molecule has 0 bridgehead atoms. The standard InChI is InChI=1S/C12H23N/c1-6-9-11(7-2)12(8-3)10-13(4)5/h6,8-9,11-12H,3,7,10H2,1-2,4-5H3/b9-6-. The first-order valence-electron chi connectivity index (χ1n) is 5.05. The smallest absolute Gasteiger partial charge is 0.00438 e. The van der Waals surface area contributed by atoms with Gasteiger partial charge in [-0.2, -0.15) is 0 Å². The van der Waals surface area contributed by atoms with Crippen LogP contribution in [-0.4, -0.2) is 25.5 Å². The maximum atomic E-state index is 3.90.